The average molecular weight is 340 g/mol. The molecule has 5 heteroatoms. The van der Waals surface area contributed by atoms with Gasteiger partial charge in [-0.2, -0.15) is 5.10 Å². The Balaban J connectivity index is 0.000000880. The van der Waals surface area contributed by atoms with E-state index in [2.05, 4.69) is 15.4 Å². The Morgan fingerprint density at radius 1 is 1.20 bits per heavy atom. The van der Waals surface area contributed by atoms with Crippen LogP contribution in [0.3, 0.4) is 0 Å². The van der Waals surface area contributed by atoms with Crippen LogP contribution in [-0.4, -0.2) is 20.3 Å². The highest BCUT2D eigenvalue weighted by atomic mass is 16.1. The molecule has 4 rings (SSSR count). The minimum absolute atomic E-state index is 0.0707. The van der Waals surface area contributed by atoms with Crippen LogP contribution in [0, 0.1) is 5.92 Å². The molecule has 2 bridgehead atoms. The van der Waals surface area contributed by atoms with Crippen LogP contribution in [-0.2, 0) is 6.54 Å². The zero-order valence-electron chi connectivity index (χ0n) is 15.5. The van der Waals surface area contributed by atoms with Crippen molar-refractivity contribution in [2.75, 3.05) is 5.32 Å². The second-order valence-corrected chi connectivity index (χ2v) is 6.86. The molecule has 2 aliphatic carbocycles. The Morgan fingerprint density at radius 3 is 2.52 bits per heavy atom. The maximum Gasteiger partial charge on any atom is 0.266 e. The molecule has 0 saturated heterocycles. The Morgan fingerprint density at radius 2 is 1.96 bits per heavy atom. The van der Waals surface area contributed by atoms with Gasteiger partial charge in [0, 0.05) is 29.9 Å². The van der Waals surface area contributed by atoms with Gasteiger partial charge in [0.2, 0.25) is 0 Å². The van der Waals surface area contributed by atoms with Crippen LogP contribution in [0.25, 0.3) is 11.3 Å². The van der Waals surface area contributed by atoms with Crippen LogP contribution in [0.4, 0.5) is 5.82 Å². The van der Waals surface area contributed by atoms with Crippen molar-refractivity contribution in [3.63, 3.8) is 0 Å². The molecule has 0 aliphatic heterocycles. The van der Waals surface area contributed by atoms with E-state index in [1.54, 1.807) is 12.1 Å². The molecule has 0 atom stereocenters. The minimum Gasteiger partial charge on any atom is -0.365 e. The summed E-state index contributed by atoms with van der Waals surface area (Å²) in [6, 6.07) is 7.38. The van der Waals surface area contributed by atoms with E-state index < -0.39 is 0 Å². The first-order chi connectivity index (χ1) is 12.2. The summed E-state index contributed by atoms with van der Waals surface area (Å²) in [4.78, 5) is 16.2. The van der Waals surface area contributed by atoms with Crippen LogP contribution < -0.4 is 10.9 Å². The fraction of sp³-hybridized carbons (Fsp3) is 0.550. The van der Waals surface area contributed by atoms with Crippen molar-refractivity contribution in [2.24, 2.45) is 5.92 Å². The molecule has 2 aliphatic rings. The third-order valence-corrected chi connectivity index (χ3v) is 5.36. The third kappa shape index (κ3) is 3.60. The van der Waals surface area contributed by atoms with Crippen LogP contribution >= 0.6 is 0 Å². The second kappa shape index (κ2) is 7.38. The first-order valence-corrected chi connectivity index (χ1v) is 9.50. The van der Waals surface area contributed by atoms with E-state index in [4.69, 9.17) is 0 Å². The fourth-order valence-corrected chi connectivity index (χ4v) is 4.09. The lowest BCUT2D eigenvalue weighted by Gasteiger charge is -2.28. The van der Waals surface area contributed by atoms with Gasteiger partial charge in [-0.15, -0.1) is 0 Å². The molecule has 25 heavy (non-hydrogen) atoms. The van der Waals surface area contributed by atoms with Gasteiger partial charge in [-0.05, 0) is 63.1 Å². The largest absolute Gasteiger partial charge is 0.365 e. The van der Waals surface area contributed by atoms with E-state index in [9.17, 15) is 4.79 Å². The van der Waals surface area contributed by atoms with E-state index in [0.717, 1.165) is 23.0 Å². The van der Waals surface area contributed by atoms with E-state index in [-0.39, 0.29) is 11.1 Å². The van der Waals surface area contributed by atoms with Gasteiger partial charge in [-0.1, -0.05) is 13.8 Å². The predicted octanol–water partition coefficient (Wildman–Crippen LogP) is 4.10. The zero-order chi connectivity index (χ0) is 17.9. The molecular formula is C20H28N4O. The van der Waals surface area contributed by atoms with Gasteiger partial charge in [0.05, 0.1) is 5.69 Å². The molecule has 2 heterocycles. The molecule has 2 aromatic heterocycles. The van der Waals surface area contributed by atoms with Crippen LogP contribution in [0.1, 0.15) is 52.9 Å². The van der Waals surface area contributed by atoms with Gasteiger partial charge in [-0.25, -0.2) is 9.67 Å². The molecule has 2 saturated carbocycles. The van der Waals surface area contributed by atoms with Crippen molar-refractivity contribution >= 4 is 5.82 Å². The van der Waals surface area contributed by atoms with E-state index >= 15 is 0 Å². The fourth-order valence-electron chi connectivity index (χ4n) is 4.09. The summed E-state index contributed by atoms with van der Waals surface area (Å²) in [6.07, 6.45) is 8.38. The van der Waals surface area contributed by atoms with Gasteiger partial charge < -0.3 is 5.32 Å². The van der Waals surface area contributed by atoms with E-state index in [1.165, 1.54) is 36.8 Å². The molecule has 0 spiro atoms. The number of hydrogen-bond donors (Lipinski definition) is 1. The van der Waals surface area contributed by atoms with Crippen molar-refractivity contribution in [1.82, 2.24) is 14.8 Å². The summed E-state index contributed by atoms with van der Waals surface area (Å²) in [5.41, 5.74) is 1.93. The standard InChI is InChI=1S/C18H22N4O.C2H6/c1-2-22-17(23)6-4-15(21-22)14-3-5-16(19-12-14)20-18-9-7-13(11-18)8-10-18;1-2/h3-6,12-13H,2,7-11H2,1H3,(H,19,20);1-2H3. The van der Waals surface area contributed by atoms with E-state index in [1.807, 2.05) is 39.1 Å². The number of rotatable bonds is 4. The number of pyridine rings is 1. The van der Waals surface area contributed by atoms with Crippen molar-refractivity contribution < 1.29 is 0 Å². The summed E-state index contributed by atoms with van der Waals surface area (Å²) in [7, 11) is 0. The summed E-state index contributed by atoms with van der Waals surface area (Å²) in [5.74, 6) is 1.86. The lowest BCUT2D eigenvalue weighted by Crippen LogP contribution is -2.33. The highest BCUT2D eigenvalue weighted by molar-refractivity contribution is 5.59. The highest BCUT2D eigenvalue weighted by Crippen LogP contribution is 2.49. The topological polar surface area (TPSA) is 59.8 Å². The number of aryl methyl sites for hydroxylation is 1. The van der Waals surface area contributed by atoms with Gasteiger partial charge in [0.15, 0.2) is 0 Å². The Kier molecular flexibility index (Phi) is 5.21. The number of fused-ring (bicyclic) bond motifs is 2. The van der Waals surface area contributed by atoms with Crippen molar-refractivity contribution in [3.8, 4) is 11.3 Å². The predicted molar refractivity (Wildman–Crippen MR) is 102 cm³/mol. The summed E-state index contributed by atoms with van der Waals surface area (Å²) in [6.45, 7) is 6.49. The highest BCUT2D eigenvalue weighted by Gasteiger charge is 2.44. The van der Waals surface area contributed by atoms with E-state index in [0.29, 0.717) is 6.54 Å². The summed E-state index contributed by atoms with van der Waals surface area (Å²) < 4.78 is 1.47. The first kappa shape index (κ1) is 17.6. The van der Waals surface area contributed by atoms with Gasteiger partial charge in [0.25, 0.3) is 5.56 Å². The monoisotopic (exact) mass is 340 g/mol. The lowest BCUT2D eigenvalue weighted by molar-refractivity contribution is 0.446. The maximum absolute atomic E-state index is 11.6. The average Bonchev–Trinajstić information content (AvgIpc) is 3.25. The Labute approximate surface area is 149 Å². The molecular weight excluding hydrogens is 312 g/mol. The summed E-state index contributed by atoms with van der Waals surface area (Å²) in [5, 5.41) is 8.04. The molecule has 2 aromatic rings. The second-order valence-electron chi connectivity index (χ2n) is 6.86. The molecule has 134 valence electrons. The number of anilines is 1. The SMILES string of the molecule is CC.CCn1nc(-c2ccc(NC34CCC(CC3)C4)nc2)ccc1=O. The number of nitrogens with zero attached hydrogens (tertiary/aromatic N) is 3. The third-order valence-electron chi connectivity index (χ3n) is 5.36. The molecule has 0 radical (unpaired) electrons. The Hall–Kier alpha value is -2.17. The van der Waals surface area contributed by atoms with Crippen LogP contribution in [0.2, 0.25) is 0 Å². The summed E-state index contributed by atoms with van der Waals surface area (Å²) >= 11 is 0. The molecule has 2 fully saturated rings. The molecule has 5 nitrogen and oxygen atoms in total. The molecule has 0 unspecified atom stereocenters. The first-order valence-electron chi connectivity index (χ1n) is 9.50. The normalized spacial score (nSPS) is 23.9. The van der Waals surface area contributed by atoms with Gasteiger partial charge in [0.1, 0.15) is 5.82 Å². The van der Waals surface area contributed by atoms with Crippen molar-refractivity contribution in [3.05, 3.63) is 40.8 Å². The van der Waals surface area contributed by atoms with Gasteiger partial charge in [-0.3, -0.25) is 4.79 Å². The molecule has 0 amide bonds. The Bertz CT molecular complexity index is 758. The molecule has 1 N–H and O–H groups in total. The van der Waals surface area contributed by atoms with Crippen LogP contribution in [0.15, 0.2) is 35.3 Å². The van der Waals surface area contributed by atoms with Crippen molar-refractivity contribution in [2.45, 2.75) is 65.0 Å². The van der Waals surface area contributed by atoms with Crippen LogP contribution in [0.5, 0.6) is 0 Å². The lowest BCUT2D eigenvalue weighted by atomic mass is 9.94. The zero-order valence-corrected chi connectivity index (χ0v) is 15.5. The minimum atomic E-state index is -0.0707. The van der Waals surface area contributed by atoms with Gasteiger partial charge >= 0.3 is 0 Å². The maximum atomic E-state index is 11.6. The number of nitrogens with one attached hydrogen (secondary N) is 1. The number of aromatic nitrogens is 3. The quantitative estimate of drug-likeness (QED) is 0.910. The smallest absolute Gasteiger partial charge is 0.266 e. The number of hydrogen-bond acceptors (Lipinski definition) is 4. The molecule has 0 aromatic carbocycles. The van der Waals surface area contributed by atoms with Crippen molar-refractivity contribution in [1.29, 1.82) is 0 Å².